The second-order valence-corrected chi connectivity index (χ2v) is 3.38. The zero-order valence-electron chi connectivity index (χ0n) is 7.66. The van der Waals surface area contributed by atoms with Crippen LogP contribution in [0, 0.1) is 0 Å². The van der Waals surface area contributed by atoms with Crippen LogP contribution in [0.15, 0.2) is 0 Å². The topological polar surface area (TPSA) is 67.5 Å². The third kappa shape index (κ3) is 2.17. The summed E-state index contributed by atoms with van der Waals surface area (Å²) in [6.07, 6.45) is 1.04. The molecule has 1 heterocycles. The molecule has 1 saturated heterocycles. The molecule has 0 bridgehead atoms. The van der Waals surface area contributed by atoms with E-state index in [0.29, 0.717) is 0 Å². The minimum absolute atomic E-state index is 0.0878. The molecule has 1 fully saturated rings. The van der Waals surface area contributed by atoms with Gasteiger partial charge < -0.3 is 20.9 Å². The first kappa shape index (κ1) is 9.92. The molecule has 0 aromatic carbocycles. The summed E-state index contributed by atoms with van der Waals surface area (Å²) in [5, 5.41) is 12.4. The predicted molar refractivity (Wildman–Crippen MR) is 46.6 cm³/mol. The third-order valence-electron chi connectivity index (χ3n) is 2.48. The van der Waals surface area contributed by atoms with Gasteiger partial charge in [-0.15, -0.1) is 0 Å². The molecule has 4 heteroatoms. The summed E-state index contributed by atoms with van der Waals surface area (Å²) in [7, 11) is 1.88. The number of aliphatic hydroxyl groups is 1. The van der Waals surface area contributed by atoms with Gasteiger partial charge in [0.1, 0.15) is 0 Å². The zero-order chi connectivity index (χ0) is 9.14. The Bertz CT molecular complexity index is 143. The normalized spacial score (nSPS) is 39.5. The lowest BCUT2D eigenvalue weighted by molar-refractivity contribution is -0.178. The maximum atomic E-state index is 9.32. The van der Waals surface area contributed by atoms with Gasteiger partial charge >= 0.3 is 0 Å². The van der Waals surface area contributed by atoms with E-state index in [2.05, 4.69) is 5.32 Å². The molecule has 1 aliphatic rings. The van der Waals surface area contributed by atoms with Crippen molar-refractivity contribution >= 4 is 0 Å². The van der Waals surface area contributed by atoms with Gasteiger partial charge in [0.25, 0.3) is 0 Å². The molecule has 0 aliphatic carbocycles. The number of hydrogen-bond acceptors (Lipinski definition) is 4. The van der Waals surface area contributed by atoms with Crippen LogP contribution in [-0.2, 0) is 4.74 Å². The van der Waals surface area contributed by atoms with Crippen molar-refractivity contribution in [2.75, 3.05) is 7.05 Å². The lowest BCUT2D eigenvalue weighted by atomic mass is 10.00. The predicted octanol–water partition coefficient (Wildman–Crippen LogP) is -0.581. The Balaban J connectivity index is 2.39. The number of likely N-dealkylation sites (N-methyl/N-ethyl adjacent to an activating group) is 1. The van der Waals surface area contributed by atoms with Crippen LogP contribution in [0.4, 0.5) is 0 Å². The first-order valence-electron chi connectivity index (χ1n) is 4.41. The van der Waals surface area contributed by atoms with Crippen LogP contribution in [0.2, 0.25) is 0 Å². The van der Waals surface area contributed by atoms with Crippen molar-refractivity contribution in [2.24, 2.45) is 5.73 Å². The Kier molecular flexibility index (Phi) is 3.46. The van der Waals surface area contributed by atoms with E-state index in [-0.39, 0.29) is 18.2 Å². The molecule has 0 aromatic heterocycles. The number of rotatable bonds is 2. The van der Waals surface area contributed by atoms with Crippen LogP contribution in [0.1, 0.15) is 19.8 Å². The first-order chi connectivity index (χ1) is 5.65. The summed E-state index contributed by atoms with van der Waals surface area (Å²) in [6, 6.07) is 0.0532. The Hall–Kier alpha value is -0.160. The largest absolute Gasteiger partial charge is 0.367 e. The molecule has 4 atom stereocenters. The minimum atomic E-state index is -0.792. The van der Waals surface area contributed by atoms with Gasteiger partial charge in [-0.3, -0.25) is 0 Å². The van der Waals surface area contributed by atoms with E-state index in [1.807, 2.05) is 14.0 Å². The van der Waals surface area contributed by atoms with Crippen molar-refractivity contribution < 1.29 is 9.84 Å². The Morgan fingerprint density at radius 3 is 2.75 bits per heavy atom. The molecule has 0 radical (unpaired) electrons. The molecular formula is C8H18N2O2. The fourth-order valence-electron chi connectivity index (χ4n) is 1.40. The van der Waals surface area contributed by atoms with Crippen molar-refractivity contribution in [3.63, 3.8) is 0 Å². The average Bonchev–Trinajstić information content (AvgIpc) is 2.08. The smallest absolute Gasteiger partial charge is 0.170 e. The van der Waals surface area contributed by atoms with Crippen LogP contribution < -0.4 is 11.1 Å². The van der Waals surface area contributed by atoms with E-state index in [1.165, 1.54) is 0 Å². The van der Waals surface area contributed by atoms with Crippen molar-refractivity contribution in [1.29, 1.82) is 0 Å². The van der Waals surface area contributed by atoms with Gasteiger partial charge in [0.05, 0.1) is 12.1 Å². The van der Waals surface area contributed by atoms with Gasteiger partial charge in [-0.25, -0.2) is 0 Å². The van der Waals surface area contributed by atoms with Gasteiger partial charge in [-0.2, -0.15) is 0 Å². The highest BCUT2D eigenvalue weighted by atomic mass is 16.6. The summed E-state index contributed by atoms with van der Waals surface area (Å²) in [5.41, 5.74) is 5.59. The van der Waals surface area contributed by atoms with Crippen LogP contribution in [0.25, 0.3) is 0 Å². The fraction of sp³-hybridized carbons (Fsp3) is 1.00. The highest BCUT2D eigenvalue weighted by Crippen LogP contribution is 2.18. The molecular weight excluding hydrogens is 156 g/mol. The van der Waals surface area contributed by atoms with Gasteiger partial charge in [-0.1, -0.05) is 0 Å². The van der Waals surface area contributed by atoms with Crippen molar-refractivity contribution in [3.8, 4) is 0 Å². The third-order valence-corrected chi connectivity index (χ3v) is 2.48. The fourth-order valence-corrected chi connectivity index (χ4v) is 1.40. The highest BCUT2D eigenvalue weighted by molar-refractivity contribution is 4.80. The summed E-state index contributed by atoms with van der Waals surface area (Å²) in [6.45, 7) is 2.04. The number of ether oxygens (including phenoxy) is 1. The van der Waals surface area contributed by atoms with E-state index in [0.717, 1.165) is 12.8 Å². The van der Waals surface area contributed by atoms with Crippen molar-refractivity contribution in [3.05, 3.63) is 0 Å². The lowest BCUT2D eigenvalue weighted by Gasteiger charge is -2.34. The average molecular weight is 174 g/mol. The van der Waals surface area contributed by atoms with Gasteiger partial charge in [0.2, 0.25) is 0 Å². The zero-order valence-corrected chi connectivity index (χ0v) is 7.66. The molecule has 12 heavy (non-hydrogen) atoms. The van der Waals surface area contributed by atoms with Gasteiger partial charge in [0, 0.05) is 6.04 Å². The van der Waals surface area contributed by atoms with E-state index < -0.39 is 6.29 Å². The van der Waals surface area contributed by atoms with E-state index in [9.17, 15) is 5.11 Å². The van der Waals surface area contributed by atoms with E-state index in [1.54, 1.807) is 0 Å². The van der Waals surface area contributed by atoms with E-state index in [4.69, 9.17) is 10.5 Å². The molecule has 72 valence electrons. The lowest BCUT2D eigenvalue weighted by Crippen LogP contribution is -2.49. The van der Waals surface area contributed by atoms with Crippen LogP contribution >= 0.6 is 0 Å². The standard InChI is InChI=1S/C8H18N2O2/c1-5(10-2)7-4-3-6(9)8(11)12-7/h5-8,10-11H,3-4,9H2,1-2H3. The van der Waals surface area contributed by atoms with E-state index >= 15 is 0 Å². The number of hydrogen-bond donors (Lipinski definition) is 3. The van der Waals surface area contributed by atoms with Gasteiger partial charge in [0.15, 0.2) is 6.29 Å². The molecule has 0 amide bonds. The molecule has 0 spiro atoms. The summed E-state index contributed by atoms with van der Waals surface area (Å²) < 4.78 is 5.32. The summed E-state index contributed by atoms with van der Waals surface area (Å²) in [5.74, 6) is 0. The maximum Gasteiger partial charge on any atom is 0.170 e. The second kappa shape index (κ2) is 4.18. The quantitative estimate of drug-likeness (QED) is 0.524. The Morgan fingerprint density at radius 1 is 1.58 bits per heavy atom. The van der Waals surface area contributed by atoms with Crippen molar-refractivity contribution in [1.82, 2.24) is 5.32 Å². The molecule has 1 aliphatic heterocycles. The maximum absolute atomic E-state index is 9.32. The second-order valence-electron chi connectivity index (χ2n) is 3.38. The van der Waals surface area contributed by atoms with Gasteiger partial charge in [-0.05, 0) is 26.8 Å². The molecule has 0 saturated carbocycles. The molecule has 4 unspecified atom stereocenters. The molecule has 0 aromatic rings. The summed E-state index contributed by atoms with van der Waals surface area (Å²) >= 11 is 0. The van der Waals surface area contributed by atoms with Crippen molar-refractivity contribution in [2.45, 2.75) is 44.2 Å². The minimum Gasteiger partial charge on any atom is -0.367 e. The number of nitrogens with one attached hydrogen (secondary N) is 1. The Morgan fingerprint density at radius 2 is 2.25 bits per heavy atom. The van der Waals surface area contributed by atoms with Crippen LogP contribution in [0.5, 0.6) is 0 Å². The molecule has 4 N–H and O–H groups in total. The Labute approximate surface area is 73.1 Å². The monoisotopic (exact) mass is 174 g/mol. The highest BCUT2D eigenvalue weighted by Gasteiger charge is 2.29. The number of aliphatic hydroxyl groups excluding tert-OH is 1. The SMILES string of the molecule is CNC(C)C1CCC(N)C(O)O1. The number of nitrogens with two attached hydrogens (primary N) is 1. The molecule has 1 rings (SSSR count). The van der Waals surface area contributed by atoms with Crippen LogP contribution in [-0.4, -0.2) is 36.6 Å². The molecule has 4 nitrogen and oxygen atoms in total. The van der Waals surface area contributed by atoms with Crippen LogP contribution in [0.3, 0.4) is 0 Å². The summed E-state index contributed by atoms with van der Waals surface area (Å²) in [4.78, 5) is 0. The first-order valence-corrected chi connectivity index (χ1v) is 4.41.